The van der Waals surface area contributed by atoms with E-state index in [1.165, 1.54) is 0 Å². The first-order valence-corrected chi connectivity index (χ1v) is 8.60. The van der Waals surface area contributed by atoms with Crippen LogP contribution >= 0.6 is 0 Å². The van der Waals surface area contributed by atoms with Crippen molar-refractivity contribution >= 4 is 22.8 Å². The lowest BCUT2D eigenvalue weighted by Crippen LogP contribution is -2.30. The molecule has 0 unspecified atom stereocenters. The average molecular weight is 350 g/mol. The van der Waals surface area contributed by atoms with Gasteiger partial charge in [0.15, 0.2) is 6.61 Å². The van der Waals surface area contributed by atoms with Crippen molar-refractivity contribution in [1.29, 1.82) is 0 Å². The van der Waals surface area contributed by atoms with E-state index < -0.39 is 5.97 Å². The Labute approximate surface area is 152 Å². The first-order valence-electron chi connectivity index (χ1n) is 8.60. The number of hydrogen-bond acceptors (Lipinski definition) is 3. The highest BCUT2D eigenvalue weighted by atomic mass is 16.5. The molecule has 26 heavy (non-hydrogen) atoms. The van der Waals surface area contributed by atoms with Crippen LogP contribution in [0.4, 0.5) is 0 Å². The fourth-order valence-corrected chi connectivity index (χ4v) is 2.96. The molecule has 0 radical (unpaired) electrons. The number of hydrogen-bond donors (Lipinski definition) is 2. The summed E-state index contributed by atoms with van der Waals surface area (Å²) in [5.41, 5.74) is 4.60. The second kappa shape index (κ2) is 7.87. The predicted octanol–water partition coefficient (Wildman–Crippen LogP) is 3.30. The number of carbonyl (C=O) groups is 2. The van der Waals surface area contributed by atoms with Gasteiger partial charge in [-0.1, -0.05) is 36.4 Å². The summed E-state index contributed by atoms with van der Waals surface area (Å²) in [6.07, 6.45) is 0.737. The van der Waals surface area contributed by atoms with E-state index in [1.54, 1.807) is 6.07 Å². The number of nitrogens with one attached hydrogen (secondary N) is 2. The Balaban J connectivity index is 1.50. The Hall–Kier alpha value is -3.08. The summed E-state index contributed by atoms with van der Waals surface area (Å²) in [5, 5.41) is 3.74. The number of benzene rings is 2. The van der Waals surface area contributed by atoms with Gasteiger partial charge < -0.3 is 15.0 Å². The zero-order valence-corrected chi connectivity index (χ0v) is 15.0. The minimum Gasteiger partial charge on any atom is -0.451 e. The van der Waals surface area contributed by atoms with Gasteiger partial charge in [0.2, 0.25) is 0 Å². The van der Waals surface area contributed by atoms with Gasteiger partial charge in [-0.15, -0.1) is 0 Å². The summed E-state index contributed by atoms with van der Waals surface area (Å²) in [6, 6.07) is 15.7. The smallest absolute Gasteiger partial charge is 0.355 e. The van der Waals surface area contributed by atoms with Crippen LogP contribution in [0.5, 0.6) is 0 Å². The van der Waals surface area contributed by atoms with Crippen LogP contribution in [0.1, 0.15) is 27.2 Å². The van der Waals surface area contributed by atoms with Crippen LogP contribution < -0.4 is 5.32 Å². The van der Waals surface area contributed by atoms with Crippen LogP contribution in [-0.4, -0.2) is 30.0 Å². The normalized spacial score (nSPS) is 10.7. The van der Waals surface area contributed by atoms with E-state index in [4.69, 9.17) is 4.74 Å². The molecule has 2 N–H and O–H groups in total. The number of ether oxygens (including phenoxy) is 1. The van der Waals surface area contributed by atoms with Crippen molar-refractivity contribution in [1.82, 2.24) is 10.3 Å². The van der Waals surface area contributed by atoms with Crippen LogP contribution in [0.25, 0.3) is 10.9 Å². The molecule has 5 heteroatoms. The Kier molecular flexibility index (Phi) is 5.37. The van der Waals surface area contributed by atoms with Crippen molar-refractivity contribution in [2.24, 2.45) is 0 Å². The fraction of sp³-hybridized carbons (Fsp3) is 0.238. The van der Waals surface area contributed by atoms with Crippen molar-refractivity contribution in [3.8, 4) is 0 Å². The van der Waals surface area contributed by atoms with E-state index >= 15 is 0 Å². The molecule has 0 atom stereocenters. The van der Waals surface area contributed by atoms with E-state index in [1.807, 2.05) is 50.2 Å². The largest absolute Gasteiger partial charge is 0.451 e. The molecule has 3 rings (SSSR count). The topological polar surface area (TPSA) is 71.2 Å². The highest BCUT2D eigenvalue weighted by Gasteiger charge is 2.14. The van der Waals surface area contributed by atoms with Gasteiger partial charge in [0.25, 0.3) is 5.91 Å². The maximum absolute atomic E-state index is 12.2. The molecule has 134 valence electrons. The van der Waals surface area contributed by atoms with E-state index in [2.05, 4.69) is 16.4 Å². The number of carbonyl (C=O) groups excluding carboxylic acids is 2. The lowest BCUT2D eigenvalue weighted by molar-refractivity contribution is -0.124. The van der Waals surface area contributed by atoms with Crippen molar-refractivity contribution in [3.63, 3.8) is 0 Å². The number of fused-ring (bicyclic) bond motifs is 1. The third kappa shape index (κ3) is 4.30. The maximum Gasteiger partial charge on any atom is 0.355 e. The Bertz CT molecular complexity index is 929. The van der Waals surface area contributed by atoms with E-state index in [9.17, 15) is 9.59 Å². The second-order valence-electron chi connectivity index (χ2n) is 6.39. The van der Waals surface area contributed by atoms with Crippen LogP contribution in [-0.2, 0) is 16.0 Å². The third-order valence-corrected chi connectivity index (χ3v) is 4.22. The van der Waals surface area contributed by atoms with Gasteiger partial charge in [0.1, 0.15) is 5.69 Å². The van der Waals surface area contributed by atoms with Gasteiger partial charge >= 0.3 is 5.97 Å². The molecule has 0 saturated heterocycles. The monoisotopic (exact) mass is 350 g/mol. The van der Waals surface area contributed by atoms with Gasteiger partial charge in [0, 0.05) is 17.4 Å². The van der Waals surface area contributed by atoms with Gasteiger partial charge in [-0.3, -0.25) is 4.79 Å². The minimum absolute atomic E-state index is 0.291. The summed E-state index contributed by atoms with van der Waals surface area (Å²) in [4.78, 5) is 27.1. The second-order valence-corrected chi connectivity index (χ2v) is 6.39. The Morgan fingerprint density at radius 3 is 2.62 bits per heavy atom. The lowest BCUT2D eigenvalue weighted by atomic mass is 10.1. The molecular weight excluding hydrogens is 328 g/mol. The van der Waals surface area contributed by atoms with Crippen molar-refractivity contribution in [3.05, 3.63) is 70.9 Å². The number of rotatable bonds is 6. The Morgan fingerprint density at radius 2 is 1.85 bits per heavy atom. The van der Waals surface area contributed by atoms with Crippen LogP contribution in [0.2, 0.25) is 0 Å². The number of aromatic amines is 1. The fourth-order valence-electron chi connectivity index (χ4n) is 2.96. The number of H-pyrrole nitrogens is 1. The number of amides is 1. The maximum atomic E-state index is 12.2. The summed E-state index contributed by atoms with van der Waals surface area (Å²) in [6.45, 7) is 4.22. The summed E-state index contributed by atoms with van der Waals surface area (Å²) in [5.74, 6) is -0.839. The standard InChI is InChI=1S/C21H22N2O3/c1-14-10-15(2)17-12-19(23-18(17)11-14)21(25)26-13-20(24)22-9-8-16-6-4-3-5-7-16/h3-7,10-12,23H,8-9,13H2,1-2H3,(H,22,24). The molecule has 0 spiro atoms. The van der Waals surface area contributed by atoms with Crippen molar-refractivity contribution in [2.45, 2.75) is 20.3 Å². The van der Waals surface area contributed by atoms with Gasteiger partial charge in [-0.05, 0) is 49.1 Å². The molecule has 0 bridgehead atoms. The first-order chi connectivity index (χ1) is 12.5. The molecule has 1 amide bonds. The molecule has 1 aromatic heterocycles. The molecule has 5 nitrogen and oxygen atoms in total. The molecular formula is C21H22N2O3. The summed E-state index contributed by atoms with van der Waals surface area (Å²) >= 11 is 0. The third-order valence-electron chi connectivity index (χ3n) is 4.22. The zero-order valence-electron chi connectivity index (χ0n) is 15.0. The van der Waals surface area contributed by atoms with Gasteiger partial charge in [-0.2, -0.15) is 0 Å². The van der Waals surface area contributed by atoms with E-state index in [0.29, 0.717) is 12.2 Å². The van der Waals surface area contributed by atoms with Crippen LogP contribution in [0, 0.1) is 13.8 Å². The molecule has 3 aromatic rings. The SMILES string of the molecule is Cc1cc(C)c2cc(C(=O)OCC(=O)NCCc3ccccc3)[nH]c2c1. The molecule has 0 aliphatic heterocycles. The van der Waals surface area contributed by atoms with Gasteiger partial charge in [0.05, 0.1) is 0 Å². The zero-order chi connectivity index (χ0) is 18.5. The lowest BCUT2D eigenvalue weighted by Gasteiger charge is -2.06. The first kappa shape index (κ1) is 17.7. The van der Waals surface area contributed by atoms with Crippen LogP contribution in [0.3, 0.4) is 0 Å². The van der Waals surface area contributed by atoms with E-state index in [-0.39, 0.29) is 12.5 Å². The molecule has 0 aliphatic rings. The quantitative estimate of drug-likeness (QED) is 0.670. The number of aryl methyl sites for hydroxylation is 2. The average Bonchev–Trinajstić information content (AvgIpc) is 3.05. The molecule has 1 heterocycles. The van der Waals surface area contributed by atoms with E-state index in [0.717, 1.165) is 34.0 Å². The summed E-state index contributed by atoms with van der Waals surface area (Å²) in [7, 11) is 0. The molecule has 2 aromatic carbocycles. The minimum atomic E-state index is -0.531. The van der Waals surface area contributed by atoms with Crippen molar-refractivity contribution < 1.29 is 14.3 Å². The predicted molar refractivity (Wildman–Crippen MR) is 101 cm³/mol. The molecule has 0 fully saturated rings. The van der Waals surface area contributed by atoms with Gasteiger partial charge in [-0.25, -0.2) is 4.79 Å². The number of esters is 1. The van der Waals surface area contributed by atoms with Crippen molar-refractivity contribution in [2.75, 3.05) is 13.2 Å². The molecule has 0 saturated carbocycles. The highest BCUT2D eigenvalue weighted by molar-refractivity contribution is 5.96. The van der Waals surface area contributed by atoms with Crippen LogP contribution in [0.15, 0.2) is 48.5 Å². The number of aromatic nitrogens is 1. The molecule has 0 aliphatic carbocycles. The highest BCUT2D eigenvalue weighted by Crippen LogP contribution is 2.21. The summed E-state index contributed by atoms with van der Waals surface area (Å²) < 4.78 is 5.11. The Morgan fingerprint density at radius 1 is 1.08 bits per heavy atom.